The van der Waals surface area contributed by atoms with E-state index >= 15 is 0 Å². The molecule has 36 heavy (non-hydrogen) atoms. The van der Waals surface area contributed by atoms with Crippen molar-refractivity contribution in [1.29, 1.82) is 0 Å². The van der Waals surface area contributed by atoms with E-state index < -0.39 is 0 Å². The van der Waals surface area contributed by atoms with Gasteiger partial charge >= 0.3 is 5.97 Å². The number of hydrogen-bond acceptors (Lipinski definition) is 8. The maximum absolute atomic E-state index is 13.0. The van der Waals surface area contributed by atoms with Crippen molar-refractivity contribution in [2.45, 2.75) is 13.8 Å². The minimum Gasteiger partial charge on any atom is -0.462 e. The number of fused-ring (bicyclic) bond motifs is 2. The molecule has 0 radical (unpaired) electrons. The molecular formula is C27H19N3O5S. The molecule has 6 aromatic rings. The Balaban J connectivity index is 1.30. The van der Waals surface area contributed by atoms with Crippen LogP contribution in [0.4, 0.5) is 0 Å². The molecule has 4 aromatic heterocycles. The summed E-state index contributed by atoms with van der Waals surface area (Å²) in [6.07, 6.45) is 1.67. The normalized spacial score (nSPS) is 12.1. The third-order valence-electron chi connectivity index (χ3n) is 5.81. The third-order valence-corrected chi connectivity index (χ3v) is 6.77. The van der Waals surface area contributed by atoms with Crippen molar-refractivity contribution in [3.63, 3.8) is 0 Å². The van der Waals surface area contributed by atoms with Crippen LogP contribution in [0.5, 0.6) is 0 Å². The summed E-state index contributed by atoms with van der Waals surface area (Å²) in [4.78, 5) is 29.8. The summed E-state index contributed by atoms with van der Waals surface area (Å²) in [6, 6.07) is 18.3. The molecule has 0 unspecified atom stereocenters. The molecule has 0 fully saturated rings. The lowest BCUT2D eigenvalue weighted by Gasteiger charge is -2.02. The molecule has 0 aliphatic heterocycles. The second-order valence-corrected chi connectivity index (χ2v) is 9.11. The monoisotopic (exact) mass is 497 g/mol. The summed E-state index contributed by atoms with van der Waals surface area (Å²) in [5, 5.41) is 5.40. The first-order valence-electron chi connectivity index (χ1n) is 11.3. The molecule has 0 aliphatic carbocycles. The van der Waals surface area contributed by atoms with Crippen LogP contribution in [-0.4, -0.2) is 27.2 Å². The van der Waals surface area contributed by atoms with Crippen LogP contribution in [0.3, 0.4) is 0 Å². The highest BCUT2D eigenvalue weighted by molar-refractivity contribution is 7.15. The standard InChI is InChI=1S/C27H19N3O5S/c1-3-33-26(32)17-10-8-16(9-11-17)20-13-12-18(34-20)14-22-25(31)30-27(36-22)28-24(29-30)23-15(2)19-6-4-5-7-21(19)35-23/h4-14H,3H2,1-2H3. The highest BCUT2D eigenvalue weighted by Crippen LogP contribution is 2.31. The molecule has 6 rings (SSSR count). The highest BCUT2D eigenvalue weighted by atomic mass is 32.1. The van der Waals surface area contributed by atoms with Crippen LogP contribution in [-0.2, 0) is 4.74 Å². The van der Waals surface area contributed by atoms with Crippen LogP contribution in [0.25, 0.3) is 44.9 Å². The average molecular weight is 498 g/mol. The summed E-state index contributed by atoms with van der Waals surface area (Å²) in [6.45, 7) is 4.04. The number of carbonyl (C=O) groups is 1. The Morgan fingerprint density at radius 2 is 1.89 bits per heavy atom. The minimum absolute atomic E-state index is 0.278. The molecule has 0 spiro atoms. The van der Waals surface area contributed by atoms with Gasteiger partial charge in [0.1, 0.15) is 21.6 Å². The van der Waals surface area contributed by atoms with E-state index in [0.29, 0.717) is 44.8 Å². The van der Waals surface area contributed by atoms with E-state index in [1.165, 1.54) is 15.9 Å². The fourth-order valence-electron chi connectivity index (χ4n) is 4.02. The molecule has 0 saturated carbocycles. The average Bonchev–Trinajstić information content (AvgIpc) is 3.65. The second-order valence-electron chi connectivity index (χ2n) is 8.10. The van der Waals surface area contributed by atoms with Crippen molar-refractivity contribution in [1.82, 2.24) is 14.6 Å². The number of furan rings is 2. The van der Waals surface area contributed by atoms with Gasteiger partial charge in [-0.1, -0.05) is 41.7 Å². The van der Waals surface area contributed by atoms with Crippen molar-refractivity contribution in [3.8, 4) is 22.9 Å². The van der Waals surface area contributed by atoms with Crippen LogP contribution in [0.2, 0.25) is 0 Å². The zero-order valence-electron chi connectivity index (χ0n) is 19.3. The fraction of sp³-hybridized carbons (Fsp3) is 0.111. The summed E-state index contributed by atoms with van der Waals surface area (Å²) >= 11 is 1.23. The molecular weight excluding hydrogens is 478 g/mol. The zero-order chi connectivity index (χ0) is 24.8. The van der Waals surface area contributed by atoms with Gasteiger partial charge in [0.25, 0.3) is 5.56 Å². The summed E-state index contributed by atoms with van der Waals surface area (Å²) < 4.78 is 18.6. The van der Waals surface area contributed by atoms with Gasteiger partial charge in [0, 0.05) is 22.6 Å². The van der Waals surface area contributed by atoms with E-state index in [1.54, 1.807) is 43.3 Å². The van der Waals surface area contributed by atoms with Gasteiger partial charge in [0.15, 0.2) is 5.76 Å². The lowest BCUT2D eigenvalue weighted by Crippen LogP contribution is -2.23. The number of aromatic nitrogens is 3. The largest absolute Gasteiger partial charge is 0.462 e. The zero-order valence-corrected chi connectivity index (χ0v) is 20.2. The SMILES string of the molecule is CCOC(=O)c1ccc(-c2ccc(C=c3sc4nc(-c5oc6ccccc6c5C)nn4c3=O)o2)cc1. The number of para-hydroxylation sites is 1. The first kappa shape index (κ1) is 22.0. The number of hydrogen-bond donors (Lipinski definition) is 0. The number of esters is 1. The molecule has 0 aliphatic rings. The second kappa shape index (κ2) is 8.62. The molecule has 0 amide bonds. The predicted molar refractivity (Wildman–Crippen MR) is 136 cm³/mol. The van der Waals surface area contributed by atoms with E-state index in [4.69, 9.17) is 13.6 Å². The highest BCUT2D eigenvalue weighted by Gasteiger charge is 2.19. The van der Waals surface area contributed by atoms with E-state index in [9.17, 15) is 9.59 Å². The lowest BCUT2D eigenvalue weighted by atomic mass is 10.1. The van der Waals surface area contributed by atoms with Crippen molar-refractivity contribution in [2.24, 2.45) is 0 Å². The van der Waals surface area contributed by atoms with Gasteiger partial charge in [-0.05, 0) is 44.2 Å². The first-order chi connectivity index (χ1) is 17.5. The van der Waals surface area contributed by atoms with Gasteiger partial charge in [-0.15, -0.1) is 5.10 Å². The maximum atomic E-state index is 13.0. The third kappa shape index (κ3) is 3.70. The van der Waals surface area contributed by atoms with Gasteiger partial charge in [0.2, 0.25) is 10.8 Å². The van der Waals surface area contributed by atoms with E-state index in [-0.39, 0.29) is 11.5 Å². The molecule has 0 N–H and O–H groups in total. The van der Waals surface area contributed by atoms with Crippen LogP contribution in [0, 0.1) is 6.92 Å². The Kier molecular flexibility index (Phi) is 5.26. The minimum atomic E-state index is -0.365. The molecule has 0 saturated heterocycles. The van der Waals surface area contributed by atoms with Crippen molar-refractivity contribution >= 4 is 39.3 Å². The molecule has 0 atom stereocenters. The van der Waals surface area contributed by atoms with E-state index in [0.717, 1.165) is 22.1 Å². The number of nitrogens with zero attached hydrogens (tertiary/aromatic N) is 3. The number of ether oxygens (including phenoxy) is 1. The Hall–Kier alpha value is -4.50. The Bertz CT molecular complexity index is 1860. The van der Waals surface area contributed by atoms with Crippen LogP contribution in [0.15, 0.2) is 74.3 Å². The van der Waals surface area contributed by atoms with Crippen molar-refractivity contribution in [2.75, 3.05) is 6.61 Å². The molecule has 2 aromatic carbocycles. The van der Waals surface area contributed by atoms with E-state index in [2.05, 4.69) is 10.1 Å². The number of aryl methyl sites for hydroxylation is 1. The lowest BCUT2D eigenvalue weighted by molar-refractivity contribution is 0.0526. The molecule has 4 heterocycles. The van der Waals surface area contributed by atoms with Gasteiger partial charge in [-0.25, -0.2) is 4.79 Å². The number of rotatable bonds is 5. The smallest absolute Gasteiger partial charge is 0.338 e. The Labute approximate surface area is 208 Å². The van der Waals surface area contributed by atoms with Gasteiger partial charge in [0.05, 0.1) is 12.2 Å². The number of thiazole rings is 1. The van der Waals surface area contributed by atoms with Crippen molar-refractivity contribution in [3.05, 3.63) is 92.4 Å². The maximum Gasteiger partial charge on any atom is 0.338 e. The van der Waals surface area contributed by atoms with Crippen molar-refractivity contribution < 1.29 is 18.4 Å². The number of carbonyl (C=O) groups excluding carboxylic acids is 1. The molecule has 178 valence electrons. The van der Waals surface area contributed by atoms with Crippen LogP contribution >= 0.6 is 11.3 Å². The molecule has 0 bridgehead atoms. The summed E-state index contributed by atoms with van der Waals surface area (Å²) in [7, 11) is 0. The van der Waals surface area contributed by atoms with Crippen LogP contribution < -0.4 is 10.1 Å². The van der Waals surface area contributed by atoms with Gasteiger partial charge in [-0.3, -0.25) is 4.79 Å². The van der Waals surface area contributed by atoms with Gasteiger partial charge < -0.3 is 13.6 Å². The Morgan fingerprint density at radius 3 is 2.64 bits per heavy atom. The predicted octanol–water partition coefficient (Wildman–Crippen LogP) is 4.86. The fourth-order valence-corrected chi connectivity index (χ4v) is 4.91. The van der Waals surface area contributed by atoms with Crippen LogP contribution in [0.1, 0.15) is 28.6 Å². The first-order valence-corrected chi connectivity index (χ1v) is 12.1. The number of benzene rings is 2. The van der Waals surface area contributed by atoms with E-state index in [1.807, 2.05) is 37.3 Å². The summed E-state index contributed by atoms with van der Waals surface area (Å²) in [5.41, 5.74) is 2.68. The quantitative estimate of drug-likeness (QED) is 0.314. The molecule has 8 nitrogen and oxygen atoms in total. The van der Waals surface area contributed by atoms with Gasteiger partial charge in [-0.2, -0.15) is 9.50 Å². The molecule has 9 heteroatoms. The Morgan fingerprint density at radius 1 is 1.08 bits per heavy atom. The topological polar surface area (TPSA) is 99.8 Å². The summed E-state index contributed by atoms with van der Waals surface area (Å²) in [5.74, 6) is 1.71.